The molecular weight excluding hydrogens is 430 g/mol. The molecule has 0 aliphatic heterocycles. The lowest BCUT2D eigenvalue weighted by Crippen LogP contribution is -2.03. The van der Waals surface area contributed by atoms with Crippen molar-refractivity contribution < 1.29 is 23.5 Å². The normalized spacial score (nSPS) is 10.8. The Bertz CT molecular complexity index is 1230. The van der Waals surface area contributed by atoms with Gasteiger partial charge >= 0.3 is 5.97 Å². The molecule has 1 aromatic heterocycles. The Kier molecular flexibility index (Phi) is 7.28. The van der Waals surface area contributed by atoms with Crippen molar-refractivity contribution in [3.63, 3.8) is 0 Å². The van der Waals surface area contributed by atoms with Gasteiger partial charge in [-0.05, 0) is 28.7 Å². The van der Waals surface area contributed by atoms with Crippen LogP contribution in [0.2, 0.25) is 0 Å². The Morgan fingerprint density at radius 3 is 2.00 bits per heavy atom. The van der Waals surface area contributed by atoms with Gasteiger partial charge in [0.1, 0.15) is 24.7 Å². The van der Waals surface area contributed by atoms with Gasteiger partial charge in [0, 0.05) is 12.1 Å². The Labute approximate surface area is 199 Å². The lowest BCUT2D eigenvalue weighted by molar-refractivity contribution is 0.0589. The fourth-order valence-electron chi connectivity index (χ4n) is 3.54. The Morgan fingerprint density at radius 1 is 0.853 bits per heavy atom. The minimum absolute atomic E-state index is 0.0991. The van der Waals surface area contributed by atoms with Gasteiger partial charge in [0.25, 0.3) is 0 Å². The van der Waals surface area contributed by atoms with Crippen molar-refractivity contribution in [1.82, 2.24) is 5.16 Å². The van der Waals surface area contributed by atoms with Gasteiger partial charge in [-0.15, -0.1) is 0 Å². The van der Waals surface area contributed by atoms with E-state index in [0.717, 1.165) is 22.4 Å². The first-order valence-corrected chi connectivity index (χ1v) is 11.1. The fraction of sp³-hybridized carbons (Fsp3) is 0.214. The minimum Gasteiger partial charge on any atom is -0.488 e. The molecule has 4 rings (SSSR count). The van der Waals surface area contributed by atoms with Crippen molar-refractivity contribution >= 4 is 5.97 Å². The van der Waals surface area contributed by atoms with Crippen molar-refractivity contribution in [3.8, 4) is 22.8 Å². The lowest BCUT2D eigenvalue weighted by Gasteiger charge is -2.19. The molecule has 6 heteroatoms. The summed E-state index contributed by atoms with van der Waals surface area (Å²) in [4.78, 5) is 11.9. The van der Waals surface area contributed by atoms with Crippen LogP contribution >= 0.6 is 0 Å². The zero-order valence-electron chi connectivity index (χ0n) is 19.5. The zero-order valence-corrected chi connectivity index (χ0v) is 19.5. The summed E-state index contributed by atoms with van der Waals surface area (Å²) in [5, 5.41) is 3.86. The van der Waals surface area contributed by atoms with Crippen LogP contribution in [0.4, 0.5) is 0 Å². The van der Waals surface area contributed by atoms with E-state index in [2.05, 4.69) is 19.0 Å². The third-order valence-corrected chi connectivity index (χ3v) is 5.38. The van der Waals surface area contributed by atoms with Crippen LogP contribution in [0.5, 0.6) is 11.5 Å². The number of ether oxygens (including phenoxy) is 3. The average Bonchev–Trinajstić information content (AvgIpc) is 3.37. The molecule has 34 heavy (non-hydrogen) atoms. The predicted octanol–water partition coefficient (Wildman–Crippen LogP) is 6.41. The molecule has 0 saturated heterocycles. The first-order valence-electron chi connectivity index (χ1n) is 11.1. The summed E-state index contributed by atoms with van der Waals surface area (Å²) in [6.45, 7) is 5.00. The maximum absolute atomic E-state index is 11.9. The Hall–Kier alpha value is -4.06. The number of nitrogens with zero attached hydrogens (tertiary/aromatic N) is 1. The summed E-state index contributed by atoms with van der Waals surface area (Å²) in [5.41, 5.74) is 3.89. The summed E-state index contributed by atoms with van der Waals surface area (Å²) < 4.78 is 22.7. The van der Waals surface area contributed by atoms with E-state index in [1.165, 1.54) is 7.11 Å². The second-order valence-corrected chi connectivity index (χ2v) is 8.16. The molecule has 0 bridgehead atoms. The van der Waals surface area contributed by atoms with E-state index in [1.807, 2.05) is 72.8 Å². The summed E-state index contributed by atoms with van der Waals surface area (Å²) in [6.07, 6.45) is 0. The second kappa shape index (κ2) is 10.7. The highest BCUT2D eigenvalue weighted by Crippen LogP contribution is 2.40. The van der Waals surface area contributed by atoms with Crippen LogP contribution in [-0.2, 0) is 18.0 Å². The first kappa shape index (κ1) is 23.1. The van der Waals surface area contributed by atoms with E-state index in [-0.39, 0.29) is 11.6 Å². The van der Waals surface area contributed by atoms with Gasteiger partial charge in [0.05, 0.1) is 12.7 Å². The monoisotopic (exact) mass is 457 g/mol. The molecule has 3 aromatic carbocycles. The fourth-order valence-corrected chi connectivity index (χ4v) is 3.54. The van der Waals surface area contributed by atoms with Crippen LogP contribution in [-0.4, -0.2) is 18.2 Å². The molecule has 4 aromatic rings. The van der Waals surface area contributed by atoms with E-state index in [0.29, 0.717) is 30.3 Å². The van der Waals surface area contributed by atoms with E-state index in [4.69, 9.17) is 18.7 Å². The van der Waals surface area contributed by atoms with Crippen LogP contribution in [0.15, 0.2) is 83.4 Å². The van der Waals surface area contributed by atoms with Gasteiger partial charge < -0.3 is 18.7 Å². The molecule has 0 saturated carbocycles. The Morgan fingerprint density at radius 2 is 1.44 bits per heavy atom. The van der Waals surface area contributed by atoms with Crippen molar-refractivity contribution in [2.75, 3.05) is 7.11 Å². The molecule has 0 unspecified atom stereocenters. The third-order valence-electron chi connectivity index (χ3n) is 5.38. The van der Waals surface area contributed by atoms with Crippen LogP contribution in [0.3, 0.4) is 0 Å². The molecule has 0 fully saturated rings. The highest BCUT2D eigenvalue weighted by atomic mass is 16.5. The van der Waals surface area contributed by atoms with Crippen molar-refractivity contribution in [2.24, 2.45) is 0 Å². The summed E-state index contributed by atoms with van der Waals surface area (Å²) in [5.74, 6) is 1.34. The number of aromatic nitrogens is 1. The predicted molar refractivity (Wildman–Crippen MR) is 129 cm³/mol. The van der Waals surface area contributed by atoms with Crippen LogP contribution in [0, 0.1) is 0 Å². The number of carbonyl (C=O) groups is 1. The molecule has 0 atom stereocenters. The lowest BCUT2D eigenvalue weighted by atomic mass is 9.97. The summed E-state index contributed by atoms with van der Waals surface area (Å²) >= 11 is 0. The van der Waals surface area contributed by atoms with E-state index in [1.54, 1.807) is 6.07 Å². The van der Waals surface area contributed by atoms with Crippen LogP contribution < -0.4 is 9.47 Å². The average molecular weight is 458 g/mol. The number of hydrogen-bond acceptors (Lipinski definition) is 6. The van der Waals surface area contributed by atoms with Gasteiger partial charge in [-0.1, -0.05) is 79.7 Å². The van der Waals surface area contributed by atoms with Crippen molar-refractivity contribution in [1.29, 1.82) is 0 Å². The molecule has 174 valence electrons. The summed E-state index contributed by atoms with van der Waals surface area (Å²) in [7, 11) is 1.31. The number of carbonyl (C=O) groups excluding carboxylic acids is 1. The molecule has 0 spiro atoms. The third kappa shape index (κ3) is 5.46. The first-order chi connectivity index (χ1) is 16.5. The van der Waals surface area contributed by atoms with Gasteiger partial charge in [-0.25, -0.2) is 4.79 Å². The molecule has 6 nitrogen and oxygen atoms in total. The van der Waals surface area contributed by atoms with E-state index in [9.17, 15) is 4.79 Å². The smallest absolute Gasteiger partial charge is 0.360 e. The van der Waals surface area contributed by atoms with Gasteiger partial charge in [-0.2, -0.15) is 0 Å². The molecular formula is C28H27NO5. The van der Waals surface area contributed by atoms with Crippen molar-refractivity contribution in [3.05, 3.63) is 101 Å². The van der Waals surface area contributed by atoms with Crippen molar-refractivity contribution in [2.45, 2.75) is 33.0 Å². The van der Waals surface area contributed by atoms with E-state index < -0.39 is 5.97 Å². The molecule has 0 radical (unpaired) electrons. The van der Waals surface area contributed by atoms with Gasteiger partial charge in [0.2, 0.25) is 0 Å². The number of esters is 1. The minimum atomic E-state index is -0.561. The highest BCUT2D eigenvalue weighted by molar-refractivity contribution is 5.88. The highest BCUT2D eigenvalue weighted by Gasteiger charge is 2.21. The standard InChI is InChI=1S/C28H27NO5/c1-19(2)22-14-23(27-15-24(29-34-27)28(30)31-3)26(33-18-21-12-8-5-9-13-21)16-25(22)32-17-20-10-6-4-7-11-20/h4-16,19H,17-18H2,1-3H3. The van der Waals surface area contributed by atoms with Gasteiger partial charge in [0.15, 0.2) is 11.5 Å². The second-order valence-electron chi connectivity index (χ2n) is 8.16. The topological polar surface area (TPSA) is 70.8 Å². The van der Waals surface area contributed by atoms with E-state index >= 15 is 0 Å². The molecule has 1 heterocycles. The number of benzene rings is 3. The maximum atomic E-state index is 11.9. The quantitative estimate of drug-likeness (QED) is 0.271. The van der Waals surface area contributed by atoms with Crippen LogP contribution in [0.25, 0.3) is 11.3 Å². The molecule has 0 aliphatic rings. The zero-order chi connectivity index (χ0) is 23.9. The summed E-state index contributed by atoms with van der Waals surface area (Å²) in [6, 6.07) is 25.3. The number of rotatable bonds is 9. The van der Waals surface area contributed by atoms with Gasteiger partial charge in [-0.3, -0.25) is 0 Å². The molecule has 0 N–H and O–H groups in total. The molecule has 0 amide bonds. The number of methoxy groups -OCH3 is 1. The molecule has 0 aliphatic carbocycles. The van der Waals surface area contributed by atoms with Crippen LogP contribution in [0.1, 0.15) is 46.9 Å². The largest absolute Gasteiger partial charge is 0.488 e. The number of hydrogen-bond donors (Lipinski definition) is 0. The SMILES string of the molecule is COC(=O)c1cc(-c2cc(C(C)C)c(OCc3ccccc3)cc2OCc2ccccc2)on1. The Balaban J connectivity index is 1.72. The maximum Gasteiger partial charge on any atom is 0.360 e.